The van der Waals surface area contributed by atoms with Crippen LogP contribution in [0.4, 0.5) is 0 Å². The van der Waals surface area contributed by atoms with Crippen molar-refractivity contribution in [3.05, 3.63) is 29.7 Å². The lowest BCUT2D eigenvalue weighted by Gasteiger charge is -2.18. The molecule has 2 heterocycles. The first-order chi connectivity index (χ1) is 9.40. The van der Waals surface area contributed by atoms with E-state index in [1.165, 1.54) is 17.6 Å². The van der Waals surface area contributed by atoms with Crippen LogP contribution in [0.25, 0.3) is 10.6 Å². The number of hydrogen-bond acceptors (Lipinski definition) is 5. The third kappa shape index (κ3) is 3.05. The van der Waals surface area contributed by atoms with Crippen molar-refractivity contribution in [1.82, 2.24) is 10.3 Å². The molecule has 2 rings (SSSR count). The predicted octanol–water partition coefficient (Wildman–Crippen LogP) is 2.24. The second-order valence-electron chi connectivity index (χ2n) is 4.92. The molecule has 0 atom stereocenters. The standard InChI is InChI=1S/C13H14N2O4S/c1-13(2,12(17)18)7-14-10(16)9-6-20-11(15-9)8-3-4-19-5-8/h3-6H,7H2,1-2H3,(H,14,16)(H,17,18). The molecule has 0 fully saturated rings. The minimum atomic E-state index is -1.01. The van der Waals surface area contributed by atoms with Crippen molar-refractivity contribution in [3.8, 4) is 10.6 Å². The zero-order valence-electron chi connectivity index (χ0n) is 11.0. The van der Waals surface area contributed by atoms with Crippen LogP contribution in [-0.4, -0.2) is 28.5 Å². The van der Waals surface area contributed by atoms with Gasteiger partial charge >= 0.3 is 5.97 Å². The van der Waals surface area contributed by atoms with Crippen molar-refractivity contribution < 1.29 is 19.1 Å². The zero-order valence-corrected chi connectivity index (χ0v) is 11.9. The Hall–Kier alpha value is -2.15. The SMILES string of the molecule is CC(C)(CNC(=O)c1csc(-c2ccoc2)n1)C(=O)O. The van der Waals surface area contributed by atoms with Gasteiger partial charge < -0.3 is 14.8 Å². The quantitative estimate of drug-likeness (QED) is 0.882. The van der Waals surface area contributed by atoms with Crippen LogP contribution in [-0.2, 0) is 4.79 Å². The molecule has 20 heavy (non-hydrogen) atoms. The molecule has 0 saturated heterocycles. The number of nitrogens with one attached hydrogen (secondary N) is 1. The Balaban J connectivity index is 2.02. The molecule has 0 bridgehead atoms. The number of carbonyl (C=O) groups is 2. The summed E-state index contributed by atoms with van der Waals surface area (Å²) in [7, 11) is 0. The number of carboxylic acid groups (broad SMARTS) is 1. The summed E-state index contributed by atoms with van der Waals surface area (Å²) in [6.07, 6.45) is 3.08. The Morgan fingerprint density at radius 3 is 2.85 bits per heavy atom. The summed E-state index contributed by atoms with van der Waals surface area (Å²) >= 11 is 1.33. The second-order valence-corrected chi connectivity index (χ2v) is 5.78. The molecule has 2 aromatic rings. The van der Waals surface area contributed by atoms with Gasteiger partial charge in [-0.25, -0.2) is 4.98 Å². The zero-order chi connectivity index (χ0) is 14.8. The van der Waals surface area contributed by atoms with E-state index in [-0.39, 0.29) is 18.1 Å². The molecular formula is C13H14N2O4S. The molecule has 0 radical (unpaired) electrons. The number of rotatable bonds is 5. The van der Waals surface area contributed by atoms with Crippen LogP contribution < -0.4 is 5.32 Å². The van der Waals surface area contributed by atoms with Crippen LogP contribution in [0, 0.1) is 5.41 Å². The molecule has 0 aromatic carbocycles. The highest BCUT2D eigenvalue weighted by Crippen LogP contribution is 2.24. The van der Waals surface area contributed by atoms with Crippen LogP contribution in [0.2, 0.25) is 0 Å². The summed E-state index contributed by atoms with van der Waals surface area (Å²) in [6.45, 7) is 3.14. The molecule has 7 heteroatoms. The van der Waals surface area contributed by atoms with Crippen molar-refractivity contribution in [2.24, 2.45) is 5.41 Å². The summed E-state index contributed by atoms with van der Waals surface area (Å²) in [5.74, 6) is -1.35. The topological polar surface area (TPSA) is 92.4 Å². The number of furan rings is 1. The van der Waals surface area contributed by atoms with Gasteiger partial charge in [-0.1, -0.05) is 0 Å². The first-order valence-corrected chi connectivity index (χ1v) is 6.78. The third-order valence-electron chi connectivity index (χ3n) is 2.77. The molecule has 2 aromatic heterocycles. The number of amides is 1. The maximum absolute atomic E-state index is 11.9. The number of hydrogen-bond donors (Lipinski definition) is 2. The highest BCUT2D eigenvalue weighted by molar-refractivity contribution is 7.13. The minimum absolute atomic E-state index is 0.0414. The van der Waals surface area contributed by atoms with E-state index >= 15 is 0 Å². The maximum Gasteiger partial charge on any atom is 0.310 e. The third-order valence-corrected chi connectivity index (χ3v) is 3.67. The van der Waals surface area contributed by atoms with Crippen LogP contribution in [0.5, 0.6) is 0 Å². The number of nitrogens with zero attached hydrogens (tertiary/aromatic N) is 1. The lowest BCUT2D eigenvalue weighted by Crippen LogP contribution is -2.39. The highest BCUT2D eigenvalue weighted by Gasteiger charge is 2.28. The molecule has 106 valence electrons. The molecule has 0 unspecified atom stereocenters. The number of carbonyl (C=O) groups excluding carboxylic acids is 1. The summed E-state index contributed by atoms with van der Waals surface area (Å²) < 4.78 is 4.96. The first-order valence-electron chi connectivity index (χ1n) is 5.90. The van der Waals surface area contributed by atoms with Crippen LogP contribution in [0.15, 0.2) is 28.4 Å². The summed E-state index contributed by atoms with van der Waals surface area (Å²) in [5, 5.41) is 13.9. The Labute approximate surface area is 119 Å². The number of carboxylic acids is 1. The van der Waals surface area contributed by atoms with Gasteiger partial charge in [0.2, 0.25) is 0 Å². The predicted molar refractivity (Wildman–Crippen MR) is 73.6 cm³/mol. The van der Waals surface area contributed by atoms with Gasteiger partial charge in [0.15, 0.2) is 0 Å². The molecule has 0 aliphatic rings. The number of aliphatic carboxylic acids is 1. The van der Waals surface area contributed by atoms with E-state index in [2.05, 4.69) is 10.3 Å². The molecule has 2 N–H and O–H groups in total. The molecule has 0 aliphatic carbocycles. The lowest BCUT2D eigenvalue weighted by molar-refractivity contribution is -0.146. The normalized spacial score (nSPS) is 11.3. The van der Waals surface area contributed by atoms with Gasteiger partial charge in [0.25, 0.3) is 5.91 Å². The van der Waals surface area contributed by atoms with Gasteiger partial charge in [-0.15, -0.1) is 11.3 Å². The van der Waals surface area contributed by atoms with Crippen molar-refractivity contribution >= 4 is 23.2 Å². The average molecular weight is 294 g/mol. The van der Waals surface area contributed by atoms with Crippen molar-refractivity contribution in [3.63, 3.8) is 0 Å². The van der Waals surface area contributed by atoms with Crippen LogP contribution >= 0.6 is 11.3 Å². The molecule has 0 spiro atoms. The molecular weight excluding hydrogens is 280 g/mol. The summed E-state index contributed by atoms with van der Waals surface area (Å²) in [5.41, 5.74) is 0.0614. The number of thiazole rings is 1. The van der Waals surface area contributed by atoms with Crippen LogP contribution in [0.1, 0.15) is 24.3 Å². The largest absolute Gasteiger partial charge is 0.481 e. The van der Waals surface area contributed by atoms with Gasteiger partial charge in [0.05, 0.1) is 11.7 Å². The van der Waals surface area contributed by atoms with E-state index in [1.807, 2.05) is 0 Å². The van der Waals surface area contributed by atoms with Gasteiger partial charge in [-0.3, -0.25) is 9.59 Å². The monoisotopic (exact) mass is 294 g/mol. The fraction of sp³-hybridized carbons (Fsp3) is 0.308. The summed E-state index contributed by atoms with van der Waals surface area (Å²) in [6, 6.07) is 1.76. The summed E-state index contributed by atoms with van der Waals surface area (Å²) in [4.78, 5) is 27.1. The minimum Gasteiger partial charge on any atom is -0.481 e. The fourth-order valence-electron chi connectivity index (χ4n) is 1.36. The van der Waals surface area contributed by atoms with Gasteiger partial charge in [-0.05, 0) is 19.9 Å². The average Bonchev–Trinajstić information content (AvgIpc) is 3.05. The van der Waals surface area contributed by atoms with Gasteiger partial charge in [0, 0.05) is 17.5 Å². The lowest BCUT2D eigenvalue weighted by atomic mass is 9.94. The highest BCUT2D eigenvalue weighted by atomic mass is 32.1. The Morgan fingerprint density at radius 2 is 2.25 bits per heavy atom. The Bertz CT molecular complexity index is 616. The molecule has 0 saturated carbocycles. The van der Waals surface area contributed by atoms with Gasteiger partial charge in [0.1, 0.15) is 17.0 Å². The van der Waals surface area contributed by atoms with Crippen molar-refractivity contribution in [2.75, 3.05) is 6.54 Å². The van der Waals surface area contributed by atoms with E-state index in [9.17, 15) is 9.59 Å². The molecule has 0 aliphatic heterocycles. The Morgan fingerprint density at radius 1 is 1.50 bits per heavy atom. The first kappa shape index (κ1) is 14.3. The van der Waals surface area contributed by atoms with Crippen molar-refractivity contribution in [1.29, 1.82) is 0 Å². The Kier molecular flexibility index (Phi) is 3.89. The second kappa shape index (κ2) is 5.46. The fourth-order valence-corrected chi connectivity index (χ4v) is 2.15. The van der Waals surface area contributed by atoms with E-state index in [0.29, 0.717) is 5.01 Å². The van der Waals surface area contributed by atoms with Crippen LogP contribution in [0.3, 0.4) is 0 Å². The van der Waals surface area contributed by atoms with E-state index in [4.69, 9.17) is 9.52 Å². The molecule has 1 amide bonds. The van der Waals surface area contributed by atoms with E-state index in [0.717, 1.165) is 5.56 Å². The van der Waals surface area contributed by atoms with Gasteiger partial charge in [-0.2, -0.15) is 0 Å². The van der Waals surface area contributed by atoms with E-state index < -0.39 is 11.4 Å². The smallest absolute Gasteiger partial charge is 0.310 e. The maximum atomic E-state index is 11.9. The molecule has 6 nitrogen and oxygen atoms in total. The van der Waals surface area contributed by atoms with Crippen molar-refractivity contribution in [2.45, 2.75) is 13.8 Å². The number of aromatic nitrogens is 1. The van der Waals surface area contributed by atoms with E-state index in [1.54, 1.807) is 31.6 Å².